The van der Waals surface area contributed by atoms with Gasteiger partial charge >= 0.3 is 6.09 Å². The Morgan fingerprint density at radius 1 is 1.37 bits per heavy atom. The molecular weight excluding hydrogens is 466 g/mol. The predicted octanol–water partition coefficient (Wildman–Crippen LogP) is 5.17. The maximum atomic E-state index is 12.6. The summed E-state index contributed by atoms with van der Waals surface area (Å²) in [5.74, 6) is 0.691. The molecule has 0 aromatic carbocycles. The molecule has 30 heavy (non-hydrogen) atoms. The third kappa shape index (κ3) is 6.01. The summed E-state index contributed by atoms with van der Waals surface area (Å²) in [6.07, 6.45) is 3.10. The smallest absolute Gasteiger partial charge is 0.410 e. The van der Waals surface area contributed by atoms with Crippen LogP contribution in [0.5, 0.6) is 0 Å². The molecule has 0 spiro atoms. The average molecular weight is 498 g/mol. The van der Waals surface area contributed by atoms with Gasteiger partial charge in [0.25, 0.3) is 0 Å². The monoisotopic (exact) mass is 497 g/mol. The molecular formula is C20H32BrN5O3Si. The van der Waals surface area contributed by atoms with E-state index in [-0.39, 0.29) is 17.1 Å². The molecule has 8 nitrogen and oxygen atoms in total. The highest BCUT2D eigenvalue weighted by atomic mass is 79.9. The molecule has 0 saturated carbocycles. The van der Waals surface area contributed by atoms with Crippen LogP contribution in [0.15, 0.2) is 6.20 Å². The molecule has 3 heterocycles. The van der Waals surface area contributed by atoms with Crippen LogP contribution in [0.1, 0.15) is 56.2 Å². The van der Waals surface area contributed by atoms with E-state index in [1.165, 1.54) is 0 Å². The van der Waals surface area contributed by atoms with Crippen LogP contribution in [0.25, 0.3) is 11.3 Å². The van der Waals surface area contributed by atoms with Gasteiger partial charge in [0, 0.05) is 21.2 Å². The van der Waals surface area contributed by atoms with Crippen LogP contribution in [-0.4, -0.2) is 57.8 Å². The minimum Gasteiger partial charge on any atom is -0.444 e. The highest BCUT2D eigenvalue weighted by Gasteiger charge is 2.35. The molecule has 1 aliphatic heterocycles. The fourth-order valence-electron chi connectivity index (χ4n) is 3.24. The molecule has 1 amide bonds. The van der Waals surface area contributed by atoms with Gasteiger partial charge in [-0.05, 0) is 39.7 Å². The number of aromatic nitrogens is 4. The molecule has 1 aliphatic rings. The number of nitrogens with one attached hydrogen (secondary N) is 1. The largest absolute Gasteiger partial charge is 0.444 e. The second-order valence-electron chi connectivity index (χ2n) is 9.92. The first kappa shape index (κ1) is 23.1. The van der Waals surface area contributed by atoms with Crippen molar-refractivity contribution in [3.63, 3.8) is 0 Å². The normalized spacial score (nSPS) is 18.8. The third-order valence-corrected chi connectivity index (χ3v) is 7.23. The van der Waals surface area contributed by atoms with E-state index in [0.717, 1.165) is 18.9 Å². The molecule has 2 aromatic heterocycles. The maximum Gasteiger partial charge on any atom is 0.410 e. The first-order valence-electron chi connectivity index (χ1n) is 10.4. The van der Waals surface area contributed by atoms with Crippen LogP contribution in [0.2, 0.25) is 25.7 Å². The minimum absolute atomic E-state index is 0.160. The van der Waals surface area contributed by atoms with Crippen molar-refractivity contribution in [1.82, 2.24) is 24.8 Å². The lowest BCUT2D eigenvalue weighted by atomic mass is 10.2. The van der Waals surface area contributed by atoms with E-state index in [1.54, 1.807) is 11.1 Å². The van der Waals surface area contributed by atoms with Crippen LogP contribution >= 0.6 is 15.9 Å². The number of aromatic amines is 1. The van der Waals surface area contributed by atoms with Gasteiger partial charge < -0.3 is 14.5 Å². The first-order valence-corrected chi connectivity index (χ1v) is 15.0. The van der Waals surface area contributed by atoms with Gasteiger partial charge in [-0.15, -0.1) is 0 Å². The van der Waals surface area contributed by atoms with Gasteiger partial charge in [-0.1, -0.05) is 35.6 Å². The molecule has 2 aromatic rings. The Kier molecular flexibility index (Phi) is 6.88. The molecule has 10 heteroatoms. The quantitative estimate of drug-likeness (QED) is 0.436. The number of ether oxygens (including phenoxy) is 2. The standard InChI is InChI=1S/C20H32BrN5O3Si/c1-20(2,3)29-19(27)26-9-7-8-14(26)16-24-17-18(25-16)23-13(12-22-17)15(21)28-10-11-30(4,5)6/h12,14-15H,7-11H2,1-6H3,(H,22,23,24,25). The SMILES string of the molecule is CC(C)(C)OC(=O)N1CCCC1c1nc2ncc(C(Br)OCC[Si](C)(C)C)nc2[nH]1. The van der Waals surface area contributed by atoms with E-state index < -0.39 is 13.7 Å². The third-order valence-electron chi connectivity index (χ3n) is 4.79. The Bertz CT molecular complexity index is 893. The summed E-state index contributed by atoms with van der Waals surface area (Å²) >= 11 is 3.56. The summed E-state index contributed by atoms with van der Waals surface area (Å²) in [6.45, 7) is 13.9. The number of carbonyl (C=O) groups is 1. The lowest BCUT2D eigenvalue weighted by Crippen LogP contribution is -2.36. The number of nitrogens with zero attached hydrogens (tertiary/aromatic N) is 4. The van der Waals surface area contributed by atoms with Crippen molar-refractivity contribution in [3.05, 3.63) is 17.7 Å². The van der Waals surface area contributed by atoms with Crippen LogP contribution < -0.4 is 0 Å². The molecule has 1 fully saturated rings. The van der Waals surface area contributed by atoms with Crippen molar-refractivity contribution in [2.75, 3.05) is 13.2 Å². The van der Waals surface area contributed by atoms with Gasteiger partial charge in [-0.25, -0.2) is 19.7 Å². The summed E-state index contributed by atoms with van der Waals surface area (Å²) in [5.41, 5.74) is 1.29. The molecule has 1 N–H and O–H groups in total. The van der Waals surface area contributed by atoms with E-state index in [1.807, 2.05) is 20.8 Å². The van der Waals surface area contributed by atoms with E-state index >= 15 is 0 Å². The summed E-state index contributed by atoms with van der Waals surface area (Å²) in [7, 11) is -1.15. The van der Waals surface area contributed by atoms with Crippen LogP contribution in [0.3, 0.4) is 0 Å². The predicted molar refractivity (Wildman–Crippen MR) is 122 cm³/mol. The van der Waals surface area contributed by atoms with Crippen LogP contribution in [0.4, 0.5) is 4.79 Å². The van der Waals surface area contributed by atoms with Gasteiger partial charge in [-0.2, -0.15) is 0 Å². The Hall–Kier alpha value is -1.52. The van der Waals surface area contributed by atoms with Crippen molar-refractivity contribution < 1.29 is 14.3 Å². The second-order valence-corrected chi connectivity index (χ2v) is 16.4. The maximum absolute atomic E-state index is 12.6. The van der Waals surface area contributed by atoms with E-state index in [9.17, 15) is 4.79 Å². The van der Waals surface area contributed by atoms with Crippen molar-refractivity contribution >= 4 is 41.4 Å². The number of amides is 1. The zero-order valence-electron chi connectivity index (χ0n) is 18.7. The number of rotatable bonds is 6. The molecule has 2 unspecified atom stereocenters. The van der Waals surface area contributed by atoms with Crippen molar-refractivity contribution in [3.8, 4) is 0 Å². The van der Waals surface area contributed by atoms with E-state index in [4.69, 9.17) is 9.47 Å². The minimum atomic E-state index is -1.15. The Morgan fingerprint density at radius 3 is 2.77 bits per heavy atom. The average Bonchev–Trinajstić information content (AvgIpc) is 3.24. The van der Waals surface area contributed by atoms with E-state index in [0.29, 0.717) is 36.0 Å². The number of halogens is 1. The van der Waals surface area contributed by atoms with Gasteiger partial charge in [0.05, 0.1) is 12.2 Å². The van der Waals surface area contributed by atoms with E-state index in [2.05, 4.69) is 55.5 Å². The number of likely N-dealkylation sites (tertiary alicyclic amines) is 1. The summed E-state index contributed by atoms with van der Waals surface area (Å²) in [4.78, 5) is 31.2. The number of imidazole rings is 1. The molecule has 1 saturated heterocycles. The number of hydrogen-bond donors (Lipinski definition) is 1. The number of alkyl halides is 1. The van der Waals surface area contributed by atoms with Crippen molar-refractivity contribution in [1.29, 1.82) is 0 Å². The van der Waals surface area contributed by atoms with Gasteiger partial charge in [0.1, 0.15) is 17.1 Å². The molecule has 3 rings (SSSR count). The highest BCUT2D eigenvalue weighted by molar-refractivity contribution is 9.09. The molecule has 0 aliphatic carbocycles. The summed E-state index contributed by atoms with van der Waals surface area (Å²) in [5, 5.41) is -0.317. The molecule has 166 valence electrons. The zero-order valence-corrected chi connectivity index (χ0v) is 21.2. The number of carbonyl (C=O) groups excluding carboxylic acids is 1. The Labute approximate surface area is 187 Å². The van der Waals surface area contributed by atoms with Crippen molar-refractivity contribution in [2.45, 2.75) is 76.0 Å². The second kappa shape index (κ2) is 8.92. The van der Waals surface area contributed by atoms with Gasteiger partial charge in [-0.3, -0.25) is 4.90 Å². The topological polar surface area (TPSA) is 93.2 Å². The first-order chi connectivity index (χ1) is 13.9. The highest BCUT2D eigenvalue weighted by Crippen LogP contribution is 2.32. The Balaban J connectivity index is 1.73. The van der Waals surface area contributed by atoms with Crippen LogP contribution in [0, 0.1) is 0 Å². The number of hydrogen-bond acceptors (Lipinski definition) is 6. The fraction of sp³-hybridized carbons (Fsp3) is 0.700. The molecule has 0 radical (unpaired) electrons. The fourth-order valence-corrected chi connectivity index (χ4v) is 4.37. The van der Waals surface area contributed by atoms with Gasteiger partial charge in [0.2, 0.25) is 0 Å². The van der Waals surface area contributed by atoms with Crippen LogP contribution in [-0.2, 0) is 9.47 Å². The number of fused-ring (bicyclic) bond motifs is 1. The van der Waals surface area contributed by atoms with Gasteiger partial charge in [0.15, 0.2) is 16.3 Å². The summed E-state index contributed by atoms with van der Waals surface area (Å²) < 4.78 is 11.5. The van der Waals surface area contributed by atoms with Crippen molar-refractivity contribution in [2.24, 2.45) is 0 Å². The molecule has 2 atom stereocenters. The molecule has 0 bridgehead atoms. The Morgan fingerprint density at radius 2 is 2.10 bits per heavy atom. The zero-order chi connectivity index (χ0) is 22.1. The lowest BCUT2D eigenvalue weighted by molar-refractivity contribution is 0.0219. The summed E-state index contributed by atoms with van der Waals surface area (Å²) in [6, 6.07) is 0.924. The number of H-pyrrole nitrogens is 1. The lowest BCUT2D eigenvalue weighted by Gasteiger charge is -2.27.